The molecule has 0 saturated heterocycles. The molecule has 5 rings (SSSR count). The largest absolute Gasteiger partial charge is 0.486 e. The summed E-state index contributed by atoms with van der Waals surface area (Å²) in [4.78, 5) is 26.6. The van der Waals surface area contributed by atoms with Gasteiger partial charge in [0.15, 0.2) is 21.3 Å². The van der Waals surface area contributed by atoms with E-state index in [1.807, 2.05) is 30.3 Å². The second kappa shape index (κ2) is 13.8. The van der Waals surface area contributed by atoms with Crippen LogP contribution in [0.3, 0.4) is 0 Å². The molecule has 2 amide bonds. The third-order valence-electron chi connectivity index (χ3n) is 6.97. The van der Waals surface area contributed by atoms with Crippen molar-refractivity contribution in [2.75, 3.05) is 13.2 Å². The molecule has 1 heterocycles. The maximum atomic E-state index is 13.5. The van der Waals surface area contributed by atoms with Gasteiger partial charge in [0.25, 0.3) is 11.8 Å². The molecule has 2 N–H and O–H groups in total. The normalized spacial score (nSPS) is 13.3. The highest BCUT2D eigenvalue weighted by Gasteiger charge is 2.19. The number of benzene rings is 4. The van der Waals surface area contributed by atoms with E-state index in [1.54, 1.807) is 60.7 Å². The van der Waals surface area contributed by atoms with E-state index in [-0.39, 0.29) is 23.3 Å². The molecule has 1 atom stereocenters. The highest BCUT2D eigenvalue weighted by atomic mass is 32.2. The van der Waals surface area contributed by atoms with Crippen molar-refractivity contribution in [1.29, 1.82) is 0 Å². The molecule has 0 saturated carbocycles. The van der Waals surface area contributed by atoms with Gasteiger partial charge < -0.3 is 20.1 Å². The first-order chi connectivity index (χ1) is 20.9. The molecule has 0 spiro atoms. The van der Waals surface area contributed by atoms with Crippen molar-refractivity contribution in [2.24, 2.45) is 0 Å². The molecule has 4 aromatic rings. The van der Waals surface area contributed by atoms with Crippen LogP contribution in [0.2, 0.25) is 0 Å². The molecular weight excluding hydrogens is 564 g/mol. The number of ether oxygens (including phenoxy) is 2. The van der Waals surface area contributed by atoms with Gasteiger partial charge in [0.2, 0.25) is 0 Å². The number of amides is 2. The number of carbonyl (C=O) groups excluding carboxylic acids is 2. The zero-order chi connectivity index (χ0) is 30.1. The predicted octanol–water partition coefficient (Wildman–Crippen LogP) is 5.11. The Balaban J connectivity index is 1.30. The lowest BCUT2D eigenvalue weighted by molar-refractivity contribution is 0.0929. The van der Waals surface area contributed by atoms with Crippen LogP contribution in [0, 0.1) is 0 Å². The van der Waals surface area contributed by atoms with Gasteiger partial charge in [0, 0.05) is 29.1 Å². The molecule has 9 heteroatoms. The van der Waals surface area contributed by atoms with Crippen molar-refractivity contribution in [2.45, 2.75) is 30.3 Å². The topological polar surface area (TPSA) is 111 Å². The maximum absolute atomic E-state index is 13.5. The van der Waals surface area contributed by atoms with Crippen LogP contribution in [0.25, 0.3) is 0 Å². The highest BCUT2D eigenvalue weighted by molar-refractivity contribution is 7.94. The van der Waals surface area contributed by atoms with E-state index in [0.717, 1.165) is 11.0 Å². The SMILES string of the molecule is O=C(NCc1ccccc1C(=O)N[C@H](/C=C/S(=O)(=O)c1ccccc1)CCc1ccccc1)c1ccc2c(c1)OCCO2. The minimum atomic E-state index is -3.69. The van der Waals surface area contributed by atoms with Crippen LogP contribution in [0.15, 0.2) is 120 Å². The van der Waals surface area contributed by atoms with Crippen molar-refractivity contribution in [1.82, 2.24) is 10.6 Å². The fraction of sp³-hybridized carbons (Fsp3) is 0.176. The van der Waals surface area contributed by atoms with E-state index < -0.39 is 15.9 Å². The Morgan fingerprint density at radius 2 is 1.47 bits per heavy atom. The number of hydrogen-bond acceptors (Lipinski definition) is 6. The Bertz CT molecular complexity index is 1710. The first-order valence-electron chi connectivity index (χ1n) is 14.0. The Morgan fingerprint density at radius 1 is 0.791 bits per heavy atom. The number of fused-ring (bicyclic) bond motifs is 1. The van der Waals surface area contributed by atoms with Gasteiger partial charge in [-0.15, -0.1) is 0 Å². The van der Waals surface area contributed by atoms with Crippen molar-refractivity contribution in [3.8, 4) is 11.5 Å². The first kappa shape index (κ1) is 29.6. The van der Waals surface area contributed by atoms with Gasteiger partial charge in [0.05, 0.1) is 4.90 Å². The molecule has 0 bridgehead atoms. The summed E-state index contributed by atoms with van der Waals surface area (Å²) >= 11 is 0. The fourth-order valence-corrected chi connectivity index (χ4v) is 5.76. The summed E-state index contributed by atoms with van der Waals surface area (Å²) in [6.45, 7) is 0.993. The lowest BCUT2D eigenvalue weighted by atomic mass is 10.0. The Hall–Kier alpha value is -4.89. The summed E-state index contributed by atoms with van der Waals surface area (Å²) in [5, 5.41) is 7.01. The molecular formula is C34H32N2O6S. The highest BCUT2D eigenvalue weighted by Crippen LogP contribution is 2.30. The number of nitrogens with one attached hydrogen (secondary N) is 2. The van der Waals surface area contributed by atoms with Crippen LogP contribution >= 0.6 is 0 Å². The minimum Gasteiger partial charge on any atom is -0.486 e. The van der Waals surface area contributed by atoms with Gasteiger partial charge in [0.1, 0.15) is 13.2 Å². The van der Waals surface area contributed by atoms with E-state index in [1.165, 1.54) is 18.2 Å². The smallest absolute Gasteiger partial charge is 0.252 e. The predicted molar refractivity (Wildman–Crippen MR) is 164 cm³/mol. The van der Waals surface area contributed by atoms with Crippen LogP contribution in [-0.4, -0.2) is 39.5 Å². The van der Waals surface area contributed by atoms with Crippen molar-refractivity contribution >= 4 is 21.7 Å². The Kier molecular flexibility index (Phi) is 9.53. The van der Waals surface area contributed by atoms with Crippen LogP contribution < -0.4 is 20.1 Å². The minimum absolute atomic E-state index is 0.115. The first-order valence-corrected chi connectivity index (χ1v) is 15.5. The van der Waals surface area contributed by atoms with Gasteiger partial charge in [-0.2, -0.15) is 0 Å². The fourth-order valence-electron chi connectivity index (χ4n) is 4.67. The molecule has 4 aromatic carbocycles. The second-order valence-electron chi connectivity index (χ2n) is 9.99. The van der Waals surface area contributed by atoms with Crippen LogP contribution in [-0.2, 0) is 22.8 Å². The van der Waals surface area contributed by atoms with Crippen LogP contribution in [0.5, 0.6) is 11.5 Å². The van der Waals surface area contributed by atoms with E-state index in [0.29, 0.717) is 54.2 Å². The molecule has 1 aliphatic rings. The van der Waals surface area contributed by atoms with Gasteiger partial charge in [-0.3, -0.25) is 9.59 Å². The molecule has 0 aromatic heterocycles. The van der Waals surface area contributed by atoms with Crippen molar-refractivity contribution in [3.05, 3.63) is 137 Å². The summed E-state index contributed by atoms with van der Waals surface area (Å²) < 4.78 is 36.9. The average Bonchev–Trinajstić information content (AvgIpc) is 3.05. The van der Waals surface area contributed by atoms with Gasteiger partial charge in [-0.05, 0) is 60.4 Å². The van der Waals surface area contributed by atoms with Gasteiger partial charge in [-0.1, -0.05) is 72.8 Å². The number of hydrogen-bond donors (Lipinski definition) is 2. The van der Waals surface area contributed by atoms with Crippen molar-refractivity contribution in [3.63, 3.8) is 0 Å². The van der Waals surface area contributed by atoms with E-state index in [2.05, 4.69) is 10.6 Å². The van der Waals surface area contributed by atoms with E-state index in [9.17, 15) is 18.0 Å². The quantitative estimate of drug-likeness (QED) is 0.249. The average molecular weight is 597 g/mol. The van der Waals surface area contributed by atoms with Gasteiger partial charge >= 0.3 is 0 Å². The molecule has 0 unspecified atom stereocenters. The lowest BCUT2D eigenvalue weighted by Crippen LogP contribution is -2.35. The molecule has 0 aliphatic carbocycles. The zero-order valence-electron chi connectivity index (χ0n) is 23.4. The maximum Gasteiger partial charge on any atom is 0.252 e. The summed E-state index contributed by atoms with van der Waals surface area (Å²) in [5.41, 5.74) is 2.49. The molecule has 43 heavy (non-hydrogen) atoms. The number of carbonyl (C=O) groups is 2. The summed E-state index contributed by atoms with van der Waals surface area (Å²) in [7, 11) is -3.69. The van der Waals surface area contributed by atoms with E-state index >= 15 is 0 Å². The van der Waals surface area contributed by atoms with E-state index in [4.69, 9.17) is 9.47 Å². The Morgan fingerprint density at radius 3 is 2.23 bits per heavy atom. The standard InChI is InChI=1S/C34H32N2O6S/c37-33(26-16-18-31-32(23-26)42-21-20-41-31)35-24-27-11-7-8-14-30(27)34(38)36-28(17-15-25-9-3-1-4-10-25)19-22-43(39,40)29-12-5-2-6-13-29/h1-14,16,18-19,22-23,28H,15,17,20-21,24H2,(H,35,37)(H,36,38)/b22-19+/t28-/m0/s1. The summed E-state index contributed by atoms with van der Waals surface area (Å²) in [6, 6.07) is 29.4. The number of sulfone groups is 1. The van der Waals surface area contributed by atoms with Crippen molar-refractivity contribution < 1.29 is 27.5 Å². The molecule has 8 nitrogen and oxygen atoms in total. The zero-order valence-corrected chi connectivity index (χ0v) is 24.3. The summed E-state index contributed by atoms with van der Waals surface area (Å²) in [6.07, 6.45) is 2.64. The summed E-state index contributed by atoms with van der Waals surface area (Å²) in [5.74, 6) is 0.422. The molecule has 0 fully saturated rings. The van der Waals surface area contributed by atoms with Crippen LogP contribution in [0.4, 0.5) is 0 Å². The molecule has 220 valence electrons. The van der Waals surface area contributed by atoms with Crippen LogP contribution in [0.1, 0.15) is 38.3 Å². The third kappa shape index (κ3) is 7.90. The Labute approximate surface area is 251 Å². The van der Waals surface area contributed by atoms with Gasteiger partial charge in [-0.25, -0.2) is 8.42 Å². The third-order valence-corrected chi connectivity index (χ3v) is 8.42. The number of aryl methyl sites for hydroxylation is 1. The second-order valence-corrected chi connectivity index (χ2v) is 11.8. The number of rotatable bonds is 11. The lowest BCUT2D eigenvalue weighted by Gasteiger charge is -2.19. The molecule has 0 radical (unpaired) electrons. The monoisotopic (exact) mass is 596 g/mol. The molecule has 1 aliphatic heterocycles.